The van der Waals surface area contributed by atoms with Gasteiger partial charge in [-0.15, -0.1) is 0 Å². The second kappa shape index (κ2) is 6.73. The van der Waals surface area contributed by atoms with Crippen LogP contribution in [-0.4, -0.2) is 28.0 Å². The van der Waals surface area contributed by atoms with E-state index in [1.165, 1.54) is 6.20 Å². The third-order valence-corrected chi connectivity index (χ3v) is 2.66. The maximum Gasteiger partial charge on any atom is 0.329 e. The fraction of sp³-hybridized carbons (Fsp3) is 0.636. The third-order valence-electron chi connectivity index (χ3n) is 2.66. The highest BCUT2D eigenvalue weighted by Gasteiger charge is 2.19. The van der Waals surface area contributed by atoms with Crippen LogP contribution in [0.25, 0.3) is 0 Å². The van der Waals surface area contributed by atoms with Gasteiger partial charge >= 0.3 is 5.69 Å². The highest BCUT2D eigenvalue weighted by molar-refractivity contribution is 5.57. The van der Waals surface area contributed by atoms with E-state index in [1.54, 1.807) is 7.05 Å². The van der Waals surface area contributed by atoms with Crippen LogP contribution in [0.4, 0.5) is 17.5 Å². The Hall–Kier alpha value is -1.92. The summed E-state index contributed by atoms with van der Waals surface area (Å²) in [6, 6.07) is 0.188. The standard InChI is InChI=1S/C11H19N5O2/c1-4-6-8(5-2)14-10-9(16(17)18)7-13-11(12-3)15-10/h7-8H,4-6H2,1-3H3,(H2,12,13,14,15). The van der Waals surface area contributed by atoms with Crippen LogP contribution < -0.4 is 10.6 Å². The molecule has 7 nitrogen and oxygen atoms in total. The predicted molar refractivity (Wildman–Crippen MR) is 70.8 cm³/mol. The Morgan fingerprint density at radius 3 is 2.72 bits per heavy atom. The molecule has 1 heterocycles. The summed E-state index contributed by atoms with van der Waals surface area (Å²) in [4.78, 5) is 18.4. The molecule has 1 atom stereocenters. The molecule has 1 aromatic heterocycles. The van der Waals surface area contributed by atoms with Gasteiger partial charge in [-0.25, -0.2) is 4.98 Å². The molecule has 0 fully saturated rings. The molecule has 2 N–H and O–H groups in total. The number of nitrogens with one attached hydrogen (secondary N) is 2. The lowest BCUT2D eigenvalue weighted by Crippen LogP contribution is -2.20. The highest BCUT2D eigenvalue weighted by Crippen LogP contribution is 2.23. The minimum Gasteiger partial charge on any atom is -0.361 e. The molecule has 1 rings (SSSR count). The molecule has 0 spiro atoms. The summed E-state index contributed by atoms with van der Waals surface area (Å²) in [7, 11) is 1.67. The van der Waals surface area contributed by atoms with E-state index < -0.39 is 4.92 Å². The fourth-order valence-corrected chi connectivity index (χ4v) is 1.66. The van der Waals surface area contributed by atoms with E-state index in [4.69, 9.17) is 0 Å². The molecule has 0 aliphatic rings. The van der Waals surface area contributed by atoms with Gasteiger partial charge in [-0.3, -0.25) is 10.1 Å². The fourth-order valence-electron chi connectivity index (χ4n) is 1.66. The maximum absolute atomic E-state index is 10.9. The van der Waals surface area contributed by atoms with Crippen LogP contribution in [0.5, 0.6) is 0 Å². The first-order chi connectivity index (χ1) is 8.62. The van der Waals surface area contributed by atoms with Crippen molar-refractivity contribution in [3.63, 3.8) is 0 Å². The molecule has 0 saturated heterocycles. The second-order valence-electron chi connectivity index (χ2n) is 3.97. The normalized spacial score (nSPS) is 11.9. The zero-order chi connectivity index (χ0) is 13.5. The first-order valence-corrected chi connectivity index (χ1v) is 6.08. The van der Waals surface area contributed by atoms with Crippen molar-refractivity contribution < 1.29 is 4.92 Å². The maximum atomic E-state index is 10.9. The average Bonchev–Trinajstić information content (AvgIpc) is 2.37. The lowest BCUT2D eigenvalue weighted by molar-refractivity contribution is -0.384. The number of hydrogen-bond donors (Lipinski definition) is 2. The van der Waals surface area contributed by atoms with Gasteiger partial charge in [0.25, 0.3) is 0 Å². The van der Waals surface area contributed by atoms with Gasteiger partial charge < -0.3 is 10.6 Å². The average molecular weight is 253 g/mol. The quantitative estimate of drug-likeness (QED) is 0.572. The Morgan fingerprint density at radius 1 is 1.50 bits per heavy atom. The third kappa shape index (κ3) is 3.54. The van der Waals surface area contributed by atoms with Gasteiger partial charge in [0.05, 0.1) is 4.92 Å². The molecule has 1 aromatic rings. The Morgan fingerprint density at radius 2 is 2.22 bits per heavy atom. The molecule has 1 unspecified atom stereocenters. The lowest BCUT2D eigenvalue weighted by atomic mass is 10.1. The molecule has 100 valence electrons. The Bertz CT molecular complexity index is 410. The summed E-state index contributed by atoms with van der Waals surface area (Å²) >= 11 is 0. The first-order valence-electron chi connectivity index (χ1n) is 6.08. The Labute approximate surface area is 106 Å². The van der Waals surface area contributed by atoms with Gasteiger partial charge in [0, 0.05) is 13.1 Å². The number of anilines is 2. The van der Waals surface area contributed by atoms with Gasteiger partial charge in [0.15, 0.2) is 0 Å². The van der Waals surface area contributed by atoms with Crippen LogP contribution in [0.15, 0.2) is 6.20 Å². The van der Waals surface area contributed by atoms with Crippen LogP contribution in [0.1, 0.15) is 33.1 Å². The zero-order valence-corrected chi connectivity index (χ0v) is 10.9. The molecule has 0 radical (unpaired) electrons. The van der Waals surface area contributed by atoms with E-state index in [-0.39, 0.29) is 17.5 Å². The van der Waals surface area contributed by atoms with Gasteiger partial charge in [0.2, 0.25) is 11.8 Å². The van der Waals surface area contributed by atoms with Crippen LogP contribution in [0.2, 0.25) is 0 Å². The van der Waals surface area contributed by atoms with E-state index in [9.17, 15) is 10.1 Å². The van der Waals surface area contributed by atoms with Gasteiger partial charge in [-0.2, -0.15) is 4.98 Å². The van der Waals surface area contributed by atoms with E-state index in [0.717, 1.165) is 19.3 Å². The van der Waals surface area contributed by atoms with E-state index >= 15 is 0 Å². The molecule has 0 saturated carbocycles. The number of nitrogens with zero attached hydrogens (tertiary/aromatic N) is 3. The number of hydrogen-bond acceptors (Lipinski definition) is 6. The molecule has 0 aliphatic carbocycles. The summed E-state index contributed by atoms with van der Waals surface area (Å²) in [6.07, 6.45) is 4.08. The molecule has 18 heavy (non-hydrogen) atoms. The molecule has 0 bridgehead atoms. The minimum atomic E-state index is -0.472. The summed E-state index contributed by atoms with van der Waals surface area (Å²) in [5, 5.41) is 16.8. The van der Waals surface area contributed by atoms with Gasteiger partial charge in [-0.1, -0.05) is 20.3 Å². The van der Waals surface area contributed by atoms with Crippen LogP contribution in [0, 0.1) is 10.1 Å². The van der Waals surface area contributed by atoms with Crippen LogP contribution >= 0.6 is 0 Å². The second-order valence-corrected chi connectivity index (χ2v) is 3.97. The van der Waals surface area contributed by atoms with E-state index in [0.29, 0.717) is 5.95 Å². The van der Waals surface area contributed by atoms with Crippen molar-refractivity contribution in [3.8, 4) is 0 Å². The number of nitro groups is 1. The smallest absolute Gasteiger partial charge is 0.329 e. The summed E-state index contributed by atoms with van der Waals surface area (Å²) in [5.74, 6) is 0.647. The molecule has 0 amide bonds. The molecule has 0 aliphatic heterocycles. The first kappa shape index (κ1) is 14.1. The predicted octanol–water partition coefficient (Wildman–Crippen LogP) is 2.42. The van der Waals surface area contributed by atoms with Crippen molar-refractivity contribution in [2.24, 2.45) is 0 Å². The highest BCUT2D eigenvalue weighted by atomic mass is 16.6. The topological polar surface area (TPSA) is 93.0 Å². The van der Waals surface area contributed by atoms with Crippen molar-refractivity contribution in [1.29, 1.82) is 0 Å². The SMILES string of the molecule is CCCC(CC)Nc1nc(NC)ncc1[N+](=O)[O-]. The summed E-state index contributed by atoms with van der Waals surface area (Å²) in [5.41, 5.74) is -0.0939. The monoisotopic (exact) mass is 253 g/mol. The summed E-state index contributed by atoms with van der Waals surface area (Å²) < 4.78 is 0. The Kier molecular flexibility index (Phi) is 5.29. The largest absolute Gasteiger partial charge is 0.361 e. The molecular weight excluding hydrogens is 234 g/mol. The van der Waals surface area contributed by atoms with Crippen LogP contribution in [0.3, 0.4) is 0 Å². The minimum absolute atomic E-state index is 0.0939. The van der Waals surface area contributed by atoms with Gasteiger partial charge in [-0.05, 0) is 12.8 Å². The number of aromatic nitrogens is 2. The van der Waals surface area contributed by atoms with Crippen molar-refractivity contribution in [3.05, 3.63) is 16.3 Å². The van der Waals surface area contributed by atoms with Crippen molar-refractivity contribution >= 4 is 17.5 Å². The Balaban J connectivity index is 2.99. The zero-order valence-electron chi connectivity index (χ0n) is 10.9. The van der Waals surface area contributed by atoms with Crippen molar-refractivity contribution in [2.45, 2.75) is 39.2 Å². The van der Waals surface area contributed by atoms with E-state index in [2.05, 4.69) is 27.5 Å². The van der Waals surface area contributed by atoms with Crippen molar-refractivity contribution in [1.82, 2.24) is 9.97 Å². The molecule has 7 heteroatoms. The summed E-state index contributed by atoms with van der Waals surface area (Å²) in [6.45, 7) is 4.12. The number of rotatable bonds is 7. The molecular formula is C11H19N5O2. The lowest BCUT2D eigenvalue weighted by Gasteiger charge is -2.16. The van der Waals surface area contributed by atoms with Crippen molar-refractivity contribution in [2.75, 3.05) is 17.7 Å². The molecule has 0 aromatic carbocycles. The van der Waals surface area contributed by atoms with Crippen LogP contribution in [-0.2, 0) is 0 Å². The van der Waals surface area contributed by atoms with E-state index in [1.807, 2.05) is 6.92 Å². The van der Waals surface area contributed by atoms with Gasteiger partial charge in [0.1, 0.15) is 6.20 Å².